The number of amides is 2. The number of carbonyl (C=O) groups is 2. The Morgan fingerprint density at radius 1 is 1.11 bits per heavy atom. The van der Waals surface area contributed by atoms with Gasteiger partial charge in [-0.15, -0.1) is 0 Å². The second-order valence-electron chi connectivity index (χ2n) is 7.75. The van der Waals surface area contributed by atoms with Gasteiger partial charge in [-0.1, -0.05) is 67.2 Å². The van der Waals surface area contributed by atoms with E-state index < -0.39 is 23.8 Å². The summed E-state index contributed by atoms with van der Waals surface area (Å²) in [5.74, 6) is -2.11. The minimum Gasteiger partial charge on any atom is -0.387 e. The third kappa shape index (κ3) is 9.97. The Kier molecular flexibility index (Phi) is 12.1. The minimum atomic E-state index is -1.07. The number of thioether (sulfide) groups is 1. The minimum absolute atomic E-state index is 0.0835. The molecule has 0 bridgehead atoms. The zero-order valence-corrected chi connectivity index (χ0v) is 21.4. The molecule has 0 fully saturated rings. The van der Waals surface area contributed by atoms with E-state index in [1.54, 1.807) is 12.1 Å². The Labute approximate surface area is 214 Å². The molecule has 0 saturated carbocycles. The number of allylic oxidation sites excluding steroid dienone is 1. The van der Waals surface area contributed by atoms with Crippen LogP contribution in [0.3, 0.4) is 0 Å². The first-order chi connectivity index (χ1) is 16.8. The van der Waals surface area contributed by atoms with Gasteiger partial charge in [0.15, 0.2) is 0 Å². The smallest absolute Gasteiger partial charge is 0.260 e. The van der Waals surface area contributed by atoms with E-state index in [0.717, 1.165) is 23.2 Å². The van der Waals surface area contributed by atoms with Crippen molar-refractivity contribution in [3.8, 4) is 0 Å². The van der Waals surface area contributed by atoms with Crippen LogP contribution < -0.4 is 15.8 Å². The Morgan fingerprint density at radius 2 is 1.77 bits per heavy atom. The molecule has 0 radical (unpaired) electrons. The summed E-state index contributed by atoms with van der Waals surface area (Å²) in [7, 11) is 0. The highest BCUT2D eigenvalue weighted by Crippen LogP contribution is 2.18. The van der Waals surface area contributed by atoms with Gasteiger partial charge < -0.3 is 20.3 Å². The fourth-order valence-corrected chi connectivity index (χ4v) is 4.16. The molecule has 2 aromatic carbocycles. The molecule has 0 aromatic heterocycles. The summed E-state index contributed by atoms with van der Waals surface area (Å²) < 4.78 is 11.7. The lowest BCUT2D eigenvalue weighted by atomic mass is 9.96. The monoisotopic (exact) mass is 513 g/mol. The number of nitrogens with one attached hydrogen (secondary N) is 3. The summed E-state index contributed by atoms with van der Waals surface area (Å²) >= 11 is 1.73. The number of rotatable bonds is 12. The van der Waals surface area contributed by atoms with Crippen LogP contribution in [0.2, 0.25) is 0 Å². The van der Waals surface area contributed by atoms with Crippen molar-refractivity contribution in [2.75, 3.05) is 4.72 Å². The van der Waals surface area contributed by atoms with E-state index in [2.05, 4.69) is 15.0 Å². The van der Waals surface area contributed by atoms with Gasteiger partial charge in [0.05, 0.1) is 16.9 Å². The van der Waals surface area contributed by atoms with Crippen molar-refractivity contribution in [2.24, 2.45) is 16.6 Å². The van der Waals surface area contributed by atoms with Crippen LogP contribution in [-0.2, 0) is 22.4 Å². The summed E-state index contributed by atoms with van der Waals surface area (Å²) in [4.78, 5) is 29.9. The van der Waals surface area contributed by atoms with Gasteiger partial charge in [-0.25, -0.2) is 4.99 Å². The van der Waals surface area contributed by atoms with Gasteiger partial charge in [0.2, 0.25) is 5.91 Å². The summed E-state index contributed by atoms with van der Waals surface area (Å²) in [5.41, 5.74) is 8.04. The predicted octanol–water partition coefficient (Wildman–Crippen LogP) is 4.64. The number of nitrogens with two attached hydrogens (primary N) is 1. The maximum atomic E-state index is 13.3. The quantitative estimate of drug-likeness (QED) is 0.0915. The first-order valence-corrected chi connectivity index (χ1v) is 12.7. The van der Waals surface area contributed by atoms with Gasteiger partial charge >= 0.3 is 0 Å². The molecule has 10 heteroatoms. The zero-order chi connectivity index (χ0) is 25.6. The van der Waals surface area contributed by atoms with Gasteiger partial charge in [0.1, 0.15) is 18.1 Å². The summed E-state index contributed by atoms with van der Waals surface area (Å²) in [6, 6.07) is 15.9. The topological polar surface area (TPSA) is 141 Å². The van der Waals surface area contributed by atoms with E-state index in [1.165, 1.54) is 18.7 Å². The average Bonchev–Trinajstić information content (AvgIpc) is 2.83. The van der Waals surface area contributed by atoms with Crippen molar-refractivity contribution in [3.05, 3.63) is 77.2 Å². The first-order valence-electron chi connectivity index (χ1n) is 11.1. The lowest BCUT2D eigenvalue weighted by Gasteiger charge is -2.22. The molecule has 0 saturated heterocycles. The number of amidine groups is 1. The number of benzene rings is 2. The number of nitrogens with zero attached hydrogens (tertiary/aromatic N) is 1. The predicted molar refractivity (Wildman–Crippen MR) is 147 cm³/mol. The van der Waals surface area contributed by atoms with Crippen LogP contribution in [0.15, 0.2) is 71.1 Å². The molecule has 2 aromatic rings. The molecule has 2 rings (SSSR count). The molecule has 8 nitrogen and oxygen atoms in total. The zero-order valence-electron chi connectivity index (χ0n) is 19.7. The third-order valence-electron chi connectivity index (χ3n) is 4.90. The van der Waals surface area contributed by atoms with Crippen molar-refractivity contribution >= 4 is 52.4 Å². The second-order valence-corrected chi connectivity index (χ2v) is 9.09. The number of aliphatic imine (C=N–C) groups is 1. The SMILES string of the molecule is CC/C=C/SC(=N)[C@H](Cc1ccc(NSO)cc1)NC(=O)C(Cc1ccccc1)C(=O)N=C(C)N. The first kappa shape index (κ1) is 28.2. The van der Waals surface area contributed by atoms with E-state index in [1.807, 2.05) is 60.9 Å². The Hall–Kier alpha value is -3.08. The Morgan fingerprint density at radius 3 is 2.37 bits per heavy atom. The van der Waals surface area contributed by atoms with E-state index in [9.17, 15) is 9.59 Å². The number of anilines is 1. The van der Waals surface area contributed by atoms with E-state index in [-0.39, 0.29) is 17.3 Å². The van der Waals surface area contributed by atoms with Crippen LogP contribution in [0.5, 0.6) is 0 Å². The number of hydrogen-bond donors (Lipinski definition) is 5. The number of hydrogen-bond acceptors (Lipinski definition) is 7. The van der Waals surface area contributed by atoms with E-state index in [0.29, 0.717) is 18.6 Å². The van der Waals surface area contributed by atoms with Gasteiger partial charge in [-0.05, 0) is 54.9 Å². The second kappa shape index (κ2) is 15.0. The highest BCUT2D eigenvalue weighted by molar-refractivity contribution is 8.16. The van der Waals surface area contributed by atoms with Gasteiger partial charge in [-0.2, -0.15) is 0 Å². The highest BCUT2D eigenvalue weighted by atomic mass is 32.2. The summed E-state index contributed by atoms with van der Waals surface area (Å²) in [6.45, 7) is 3.50. The van der Waals surface area contributed by atoms with Crippen LogP contribution in [0.1, 0.15) is 31.4 Å². The largest absolute Gasteiger partial charge is 0.387 e. The van der Waals surface area contributed by atoms with E-state index in [4.69, 9.17) is 15.7 Å². The van der Waals surface area contributed by atoms with E-state index >= 15 is 0 Å². The molecule has 0 heterocycles. The molecule has 0 spiro atoms. The molecule has 186 valence electrons. The Bertz CT molecular complexity index is 1040. The van der Waals surface area contributed by atoms with Crippen molar-refractivity contribution in [2.45, 2.75) is 39.2 Å². The van der Waals surface area contributed by atoms with Crippen LogP contribution in [0.25, 0.3) is 0 Å². The third-order valence-corrected chi connectivity index (χ3v) is 6.09. The molecule has 0 aliphatic carbocycles. The normalized spacial score (nSPS) is 13.3. The fraction of sp³-hybridized carbons (Fsp3) is 0.280. The molecular weight excluding hydrogens is 482 g/mol. The fourth-order valence-electron chi connectivity index (χ4n) is 3.17. The standard InChI is InChI=1S/C25H31N5O3S2/c1-3-4-14-34-23(27)22(16-19-10-12-20(13-11-19)30-35-33)29-25(32)21(24(31)28-17(2)26)15-18-8-6-5-7-9-18/h4-14,21-22,27,30,33H,3,15-16H2,1-2H3,(H,29,32)(H2,26,28,31)/b14-4+,27-23?/t21?,22-/m0/s1. The van der Waals surface area contributed by atoms with Crippen molar-refractivity contribution in [3.63, 3.8) is 0 Å². The molecular formula is C25H31N5O3S2. The Balaban J connectivity index is 2.27. The highest BCUT2D eigenvalue weighted by Gasteiger charge is 2.30. The maximum absolute atomic E-state index is 13.3. The van der Waals surface area contributed by atoms with Gasteiger partial charge in [-0.3, -0.25) is 15.0 Å². The molecule has 0 aliphatic heterocycles. The molecule has 0 aliphatic rings. The van der Waals surface area contributed by atoms with Crippen molar-refractivity contribution < 1.29 is 14.1 Å². The van der Waals surface area contributed by atoms with Crippen LogP contribution >= 0.6 is 24.0 Å². The van der Waals surface area contributed by atoms with Crippen LogP contribution in [-0.4, -0.2) is 33.3 Å². The molecule has 2 amide bonds. The maximum Gasteiger partial charge on any atom is 0.260 e. The van der Waals surface area contributed by atoms with Gasteiger partial charge in [0, 0.05) is 5.69 Å². The molecule has 2 atom stereocenters. The van der Waals surface area contributed by atoms with Crippen molar-refractivity contribution in [1.29, 1.82) is 5.41 Å². The summed E-state index contributed by atoms with van der Waals surface area (Å²) in [6.07, 6.45) is 3.30. The lowest BCUT2D eigenvalue weighted by molar-refractivity contribution is -0.133. The van der Waals surface area contributed by atoms with Crippen LogP contribution in [0, 0.1) is 11.3 Å². The van der Waals surface area contributed by atoms with Crippen molar-refractivity contribution in [1.82, 2.24) is 5.32 Å². The lowest BCUT2D eigenvalue weighted by Crippen LogP contribution is -2.46. The van der Waals surface area contributed by atoms with Gasteiger partial charge in [0.25, 0.3) is 5.91 Å². The molecule has 1 unspecified atom stereocenters. The van der Waals surface area contributed by atoms with Crippen LogP contribution in [0.4, 0.5) is 5.69 Å². The number of carbonyl (C=O) groups excluding carboxylic acids is 2. The molecule has 35 heavy (non-hydrogen) atoms. The molecule has 6 N–H and O–H groups in total. The average molecular weight is 514 g/mol. The summed E-state index contributed by atoms with van der Waals surface area (Å²) in [5, 5.41) is 13.5.